The normalized spacial score (nSPS) is 27.6. The summed E-state index contributed by atoms with van der Waals surface area (Å²) in [7, 11) is 1.53. The Bertz CT molecular complexity index is 377. The van der Waals surface area contributed by atoms with Crippen LogP contribution >= 0.6 is 0 Å². The first-order chi connectivity index (χ1) is 9.13. The highest BCUT2D eigenvalue weighted by atomic mass is 16.5. The Kier molecular flexibility index (Phi) is 4.33. The summed E-state index contributed by atoms with van der Waals surface area (Å²) in [5, 5.41) is 8.02. The molecule has 2 atom stereocenters. The Morgan fingerprint density at radius 1 is 1.47 bits per heavy atom. The third-order valence-corrected chi connectivity index (χ3v) is 3.27. The van der Waals surface area contributed by atoms with E-state index in [4.69, 9.17) is 4.74 Å². The number of carbonyl (C=O) groups excluding carboxylic acids is 3. The summed E-state index contributed by atoms with van der Waals surface area (Å²) in [6.45, 7) is 1.35. The number of rotatable bonds is 2. The van der Waals surface area contributed by atoms with Crippen LogP contribution in [-0.4, -0.2) is 74.6 Å². The van der Waals surface area contributed by atoms with Gasteiger partial charge in [-0.05, 0) is 0 Å². The van der Waals surface area contributed by atoms with Crippen molar-refractivity contribution >= 4 is 17.7 Å². The van der Waals surface area contributed by atoms with E-state index in [0.29, 0.717) is 13.2 Å². The molecule has 0 bridgehead atoms. The Morgan fingerprint density at radius 3 is 2.89 bits per heavy atom. The molecular weight excluding hydrogens is 252 g/mol. The minimum atomic E-state index is -0.606. The lowest BCUT2D eigenvalue weighted by Crippen LogP contribution is -2.63. The van der Waals surface area contributed by atoms with E-state index < -0.39 is 12.1 Å². The summed E-state index contributed by atoms with van der Waals surface area (Å²) >= 11 is 0. The lowest BCUT2D eigenvalue weighted by atomic mass is 10.1. The van der Waals surface area contributed by atoms with Gasteiger partial charge >= 0.3 is 0 Å². The lowest BCUT2D eigenvalue weighted by molar-refractivity contribution is -0.150. The van der Waals surface area contributed by atoms with Crippen LogP contribution in [0, 0.1) is 0 Å². The molecule has 106 valence electrons. The molecule has 0 saturated carbocycles. The lowest BCUT2D eigenvalue weighted by Gasteiger charge is -2.37. The maximum Gasteiger partial charge on any atom is 0.244 e. The van der Waals surface area contributed by atoms with Crippen molar-refractivity contribution < 1.29 is 19.1 Å². The van der Waals surface area contributed by atoms with Crippen LogP contribution in [0.3, 0.4) is 0 Å². The molecule has 3 N–H and O–H groups in total. The standard InChI is InChI=1S/C11H18N4O4/c1-12-10(17)8-6-19-3-2-15(8)11(18)7-4-14-9(16)5-13-7/h7-8,13H,2-6H2,1H3,(H,12,17)(H,14,16). The number of morpholine rings is 1. The number of piperazine rings is 1. The highest BCUT2D eigenvalue weighted by Crippen LogP contribution is 2.10. The van der Waals surface area contributed by atoms with E-state index >= 15 is 0 Å². The molecule has 2 heterocycles. The molecule has 8 nitrogen and oxygen atoms in total. The van der Waals surface area contributed by atoms with E-state index in [1.165, 1.54) is 11.9 Å². The first-order valence-electron chi connectivity index (χ1n) is 6.23. The van der Waals surface area contributed by atoms with Crippen LogP contribution in [0.2, 0.25) is 0 Å². The molecule has 19 heavy (non-hydrogen) atoms. The maximum atomic E-state index is 12.4. The van der Waals surface area contributed by atoms with Crippen molar-refractivity contribution in [2.45, 2.75) is 12.1 Å². The van der Waals surface area contributed by atoms with Crippen molar-refractivity contribution in [3.63, 3.8) is 0 Å². The summed E-state index contributed by atoms with van der Waals surface area (Å²) in [5.41, 5.74) is 0. The van der Waals surface area contributed by atoms with Gasteiger partial charge in [-0.2, -0.15) is 0 Å². The van der Waals surface area contributed by atoms with E-state index in [9.17, 15) is 14.4 Å². The van der Waals surface area contributed by atoms with Crippen LogP contribution < -0.4 is 16.0 Å². The van der Waals surface area contributed by atoms with E-state index in [1.807, 2.05) is 0 Å². The molecule has 0 aromatic carbocycles. The highest BCUT2D eigenvalue weighted by molar-refractivity contribution is 5.91. The first kappa shape index (κ1) is 13.8. The molecule has 0 aromatic heterocycles. The van der Waals surface area contributed by atoms with Crippen molar-refractivity contribution in [2.24, 2.45) is 0 Å². The van der Waals surface area contributed by atoms with Gasteiger partial charge in [-0.3, -0.25) is 19.7 Å². The fraction of sp³-hybridized carbons (Fsp3) is 0.727. The molecule has 0 spiro atoms. The number of hydrogen-bond acceptors (Lipinski definition) is 5. The Labute approximate surface area is 110 Å². The predicted molar refractivity (Wildman–Crippen MR) is 65.2 cm³/mol. The zero-order valence-corrected chi connectivity index (χ0v) is 10.8. The number of hydrogen-bond donors (Lipinski definition) is 3. The maximum absolute atomic E-state index is 12.4. The van der Waals surface area contributed by atoms with Crippen molar-refractivity contribution in [1.29, 1.82) is 0 Å². The topological polar surface area (TPSA) is 99.8 Å². The van der Waals surface area contributed by atoms with Crippen molar-refractivity contribution in [3.05, 3.63) is 0 Å². The molecule has 2 aliphatic heterocycles. The second kappa shape index (κ2) is 5.98. The van der Waals surface area contributed by atoms with Crippen LogP contribution in [0.1, 0.15) is 0 Å². The molecule has 0 aromatic rings. The Hall–Kier alpha value is -1.67. The molecule has 2 saturated heterocycles. The molecule has 8 heteroatoms. The summed E-state index contributed by atoms with van der Waals surface area (Å²) < 4.78 is 5.24. The number of nitrogens with zero attached hydrogens (tertiary/aromatic N) is 1. The van der Waals surface area contributed by atoms with Gasteiger partial charge in [0.05, 0.1) is 19.8 Å². The minimum Gasteiger partial charge on any atom is -0.377 e. The van der Waals surface area contributed by atoms with E-state index in [-0.39, 0.29) is 37.4 Å². The molecule has 0 radical (unpaired) electrons. The molecule has 3 amide bonds. The smallest absolute Gasteiger partial charge is 0.244 e. The van der Waals surface area contributed by atoms with Crippen LogP contribution in [-0.2, 0) is 19.1 Å². The zero-order chi connectivity index (χ0) is 13.8. The summed E-state index contributed by atoms with van der Waals surface area (Å²) in [6, 6.07) is -1.09. The Morgan fingerprint density at radius 2 is 2.26 bits per heavy atom. The van der Waals surface area contributed by atoms with Gasteiger partial charge in [-0.25, -0.2) is 0 Å². The van der Waals surface area contributed by atoms with Gasteiger partial charge in [0.2, 0.25) is 17.7 Å². The van der Waals surface area contributed by atoms with Crippen LogP contribution in [0.4, 0.5) is 0 Å². The summed E-state index contributed by atoms with van der Waals surface area (Å²) in [5.74, 6) is -0.557. The van der Waals surface area contributed by atoms with Crippen molar-refractivity contribution in [3.8, 4) is 0 Å². The zero-order valence-electron chi connectivity index (χ0n) is 10.8. The monoisotopic (exact) mass is 270 g/mol. The fourth-order valence-corrected chi connectivity index (χ4v) is 2.19. The van der Waals surface area contributed by atoms with Gasteiger partial charge < -0.3 is 20.3 Å². The van der Waals surface area contributed by atoms with E-state index in [2.05, 4.69) is 16.0 Å². The van der Waals surface area contributed by atoms with Gasteiger partial charge in [-0.1, -0.05) is 0 Å². The van der Waals surface area contributed by atoms with Gasteiger partial charge in [0.1, 0.15) is 12.1 Å². The molecule has 2 fully saturated rings. The second-order valence-electron chi connectivity index (χ2n) is 4.47. The van der Waals surface area contributed by atoms with Gasteiger partial charge in [0.15, 0.2) is 0 Å². The van der Waals surface area contributed by atoms with Crippen LogP contribution in [0.5, 0.6) is 0 Å². The largest absolute Gasteiger partial charge is 0.377 e. The summed E-state index contributed by atoms with van der Waals surface area (Å²) in [6.07, 6.45) is 0. The van der Waals surface area contributed by atoms with Gasteiger partial charge in [-0.15, -0.1) is 0 Å². The number of carbonyl (C=O) groups is 3. The number of likely N-dealkylation sites (N-methyl/N-ethyl adjacent to an activating group) is 1. The average Bonchev–Trinajstić information content (AvgIpc) is 2.46. The second-order valence-corrected chi connectivity index (χ2v) is 4.47. The van der Waals surface area contributed by atoms with Crippen LogP contribution in [0.25, 0.3) is 0 Å². The Balaban J connectivity index is 2.03. The van der Waals surface area contributed by atoms with Crippen LogP contribution in [0.15, 0.2) is 0 Å². The fourth-order valence-electron chi connectivity index (χ4n) is 2.19. The molecular formula is C11H18N4O4. The van der Waals surface area contributed by atoms with Crippen molar-refractivity contribution in [2.75, 3.05) is 39.9 Å². The third-order valence-electron chi connectivity index (χ3n) is 3.27. The first-order valence-corrected chi connectivity index (χ1v) is 6.23. The molecule has 0 aliphatic carbocycles. The summed E-state index contributed by atoms with van der Waals surface area (Å²) in [4.78, 5) is 36.7. The predicted octanol–water partition coefficient (Wildman–Crippen LogP) is -2.95. The van der Waals surface area contributed by atoms with E-state index in [0.717, 1.165) is 0 Å². The third kappa shape index (κ3) is 3.02. The number of ether oxygens (including phenoxy) is 1. The number of nitrogens with one attached hydrogen (secondary N) is 3. The van der Waals surface area contributed by atoms with Gasteiger partial charge in [0, 0.05) is 20.1 Å². The minimum absolute atomic E-state index is 0.116. The molecule has 2 aliphatic rings. The molecule has 2 rings (SSSR count). The quantitative estimate of drug-likeness (QED) is 0.498. The highest BCUT2D eigenvalue weighted by Gasteiger charge is 2.36. The average molecular weight is 270 g/mol. The van der Waals surface area contributed by atoms with Crippen molar-refractivity contribution in [1.82, 2.24) is 20.9 Å². The molecule has 2 unspecified atom stereocenters. The van der Waals surface area contributed by atoms with Gasteiger partial charge in [0.25, 0.3) is 0 Å². The SMILES string of the molecule is CNC(=O)C1COCCN1C(=O)C1CNC(=O)CN1. The number of amides is 3. The van der Waals surface area contributed by atoms with E-state index in [1.54, 1.807) is 0 Å².